The molecule has 0 amide bonds. The first-order chi connectivity index (χ1) is 9.56. The Labute approximate surface area is 120 Å². The summed E-state index contributed by atoms with van der Waals surface area (Å²) in [6.07, 6.45) is -6.04. The van der Waals surface area contributed by atoms with Crippen LogP contribution in [0.2, 0.25) is 0 Å². The second-order valence-corrected chi connectivity index (χ2v) is 7.02. The fourth-order valence-corrected chi connectivity index (χ4v) is 3.73. The summed E-state index contributed by atoms with van der Waals surface area (Å²) in [7, 11) is -3.97. The van der Waals surface area contributed by atoms with Crippen molar-refractivity contribution in [3.63, 3.8) is 0 Å². The fourth-order valence-electron chi connectivity index (χ4n) is 2.30. The van der Waals surface area contributed by atoms with Crippen molar-refractivity contribution in [3.8, 4) is 0 Å². The highest BCUT2D eigenvalue weighted by Crippen LogP contribution is 2.39. The first-order valence-electron chi connectivity index (χ1n) is 6.42. The summed E-state index contributed by atoms with van der Waals surface area (Å²) < 4.78 is 69.0. The summed E-state index contributed by atoms with van der Waals surface area (Å²) in [5.41, 5.74) is -2.84. The van der Waals surface area contributed by atoms with Crippen molar-refractivity contribution in [2.75, 3.05) is 13.1 Å². The molecule has 0 saturated carbocycles. The zero-order chi connectivity index (χ0) is 15.9. The van der Waals surface area contributed by atoms with Gasteiger partial charge in [-0.3, -0.25) is 0 Å². The van der Waals surface area contributed by atoms with E-state index in [1.807, 2.05) is 0 Å². The Balaban J connectivity index is 2.21. The van der Waals surface area contributed by atoms with E-state index in [-0.39, 0.29) is 18.1 Å². The lowest BCUT2D eigenvalue weighted by molar-refractivity contribution is -0.263. The molecule has 1 atom stereocenters. The summed E-state index contributed by atoms with van der Waals surface area (Å²) in [5.74, 6) is 0.398. The maximum atomic E-state index is 12.8. The van der Waals surface area contributed by atoms with Crippen LogP contribution >= 0.6 is 0 Å². The largest absolute Gasteiger partial charge is 0.449 e. The number of furan rings is 1. The summed E-state index contributed by atoms with van der Waals surface area (Å²) >= 11 is 0. The molecule has 2 rings (SSSR count). The highest BCUT2D eigenvalue weighted by atomic mass is 32.2. The van der Waals surface area contributed by atoms with Crippen LogP contribution in [-0.4, -0.2) is 42.7 Å². The SMILES string of the molecule is Cc1ccc(S(=O)(=O)N2CCCC(O)(C(F)(F)F)CC2)o1. The summed E-state index contributed by atoms with van der Waals surface area (Å²) in [4.78, 5) is 0. The average molecular weight is 327 g/mol. The maximum absolute atomic E-state index is 12.8. The molecular formula is C12H16F3NO4S. The molecular weight excluding hydrogens is 311 g/mol. The number of hydrogen-bond donors (Lipinski definition) is 1. The molecule has 9 heteroatoms. The highest BCUT2D eigenvalue weighted by molar-refractivity contribution is 7.89. The molecule has 1 aliphatic heterocycles. The highest BCUT2D eigenvalue weighted by Gasteiger charge is 2.54. The van der Waals surface area contributed by atoms with E-state index < -0.39 is 41.2 Å². The van der Waals surface area contributed by atoms with Crippen LogP contribution in [0.1, 0.15) is 25.0 Å². The standard InChI is InChI=1S/C12H16F3NO4S/c1-9-3-4-10(20-9)21(18,19)16-7-2-5-11(17,6-8-16)12(13,14)15/h3-4,17H,2,5-8H2,1H3. The van der Waals surface area contributed by atoms with Gasteiger partial charge in [-0.15, -0.1) is 0 Å². The lowest BCUT2D eigenvalue weighted by Crippen LogP contribution is -2.46. The second kappa shape index (κ2) is 5.29. The van der Waals surface area contributed by atoms with Gasteiger partial charge in [-0.25, -0.2) is 8.42 Å². The number of aryl methyl sites for hydroxylation is 1. The van der Waals surface area contributed by atoms with Crippen LogP contribution in [-0.2, 0) is 10.0 Å². The van der Waals surface area contributed by atoms with Gasteiger partial charge >= 0.3 is 6.18 Å². The van der Waals surface area contributed by atoms with Crippen LogP contribution in [0.3, 0.4) is 0 Å². The van der Waals surface area contributed by atoms with E-state index in [9.17, 15) is 26.7 Å². The van der Waals surface area contributed by atoms with E-state index in [1.54, 1.807) is 6.92 Å². The van der Waals surface area contributed by atoms with E-state index in [1.165, 1.54) is 12.1 Å². The number of sulfonamides is 1. The minimum Gasteiger partial charge on any atom is -0.449 e. The molecule has 0 bridgehead atoms. The summed E-state index contributed by atoms with van der Waals surface area (Å²) in [5, 5.41) is 9.38. The quantitative estimate of drug-likeness (QED) is 0.902. The van der Waals surface area contributed by atoms with Crippen molar-refractivity contribution in [2.24, 2.45) is 0 Å². The molecule has 0 radical (unpaired) electrons. The van der Waals surface area contributed by atoms with Crippen LogP contribution in [0.15, 0.2) is 21.6 Å². The Morgan fingerprint density at radius 1 is 1.29 bits per heavy atom. The molecule has 2 heterocycles. The molecule has 120 valence electrons. The number of nitrogens with zero attached hydrogens (tertiary/aromatic N) is 1. The molecule has 1 saturated heterocycles. The Morgan fingerprint density at radius 3 is 2.48 bits per heavy atom. The van der Waals surface area contributed by atoms with Gasteiger partial charge in [-0.05, 0) is 38.3 Å². The molecule has 0 spiro atoms. The third-order valence-corrected chi connectivity index (χ3v) is 5.38. The minimum absolute atomic E-state index is 0.0745. The monoisotopic (exact) mass is 327 g/mol. The van der Waals surface area contributed by atoms with Crippen LogP contribution in [0.25, 0.3) is 0 Å². The van der Waals surface area contributed by atoms with E-state index in [0.717, 1.165) is 4.31 Å². The minimum atomic E-state index is -4.77. The number of rotatable bonds is 2. The predicted octanol–water partition coefficient (Wildman–Crippen LogP) is 2.06. The van der Waals surface area contributed by atoms with Crippen molar-refractivity contribution in [2.45, 2.75) is 43.1 Å². The number of aliphatic hydroxyl groups is 1. The van der Waals surface area contributed by atoms with Gasteiger partial charge in [-0.2, -0.15) is 17.5 Å². The predicted molar refractivity (Wildman–Crippen MR) is 67.1 cm³/mol. The van der Waals surface area contributed by atoms with Crippen LogP contribution in [0, 0.1) is 6.92 Å². The van der Waals surface area contributed by atoms with Gasteiger partial charge in [0, 0.05) is 13.1 Å². The van der Waals surface area contributed by atoms with Crippen molar-refractivity contribution in [1.82, 2.24) is 4.31 Å². The Kier molecular flexibility index (Phi) is 4.11. The van der Waals surface area contributed by atoms with Gasteiger partial charge in [0.05, 0.1) is 0 Å². The molecule has 1 aromatic rings. The third-order valence-electron chi connectivity index (χ3n) is 3.61. The smallest absolute Gasteiger partial charge is 0.417 e. The van der Waals surface area contributed by atoms with Crippen LogP contribution in [0.4, 0.5) is 13.2 Å². The number of halogens is 3. The van der Waals surface area contributed by atoms with Gasteiger partial charge in [0.1, 0.15) is 5.76 Å². The molecule has 5 nitrogen and oxygen atoms in total. The molecule has 1 N–H and O–H groups in total. The van der Waals surface area contributed by atoms with Gasteiger partial charge in [0.2, 0.25) is 5.09 Å². The first kappa shape index (κ1) is 16.3. The first-order valence-corrected chi connectivity index (χ1v) is 7.86. The normalized spacial score (nSPS) is 25.8. The van der Waals surface area contributed by atoms with Crippen molar-refractivity contribution < 1.29 is 31.1 Å². The fraction of sp³-hybridized carbons (Fsp3) is 0.667. The number of alkyl halides is 3. The molecule has 1 aromatic heterocycles. The van der Waals surface area contributed by atoms with Crippen molar-refractivity contribution in [1.29, 1.82) is 0 Å². The van der Waals surface area contributed by atoms with E-state index in [2.05, 4.69) is 0 Å². The van der Waals surface area contributed by atoms with Crippen LogP contribution < -0.4 is 0 Å². The van der Waals surface area contributed by atoms with E-state index in [0.29, 0.717) is 5.76 Å². The molecule has 1 aliphatic rings. The second-order valence-electron chi connectivity index (χ2n) is 5.15. The molecule has 0 aliphatic carbocycles. The van der Waals surface area contributed by atoms with Crippen molar-refractivity contribution >= 4 is 10.0 Å². The summed E-state index contributed by atoms with van der Waals surface area (Å²) in [6, 6.07) is 2.74. The topological polar surface area (TPSA) is 70.8 Å². The summed E-state index contributed by atoms with van der Waals surface area (Å²) in [6.45, 7) is 1.09. The van der Waals surface area contributed by atoms with Crippen molar-refractivity contribution in [3.05, 3.63) is 17.9 Å². The average Bonchev–Trinajstić information content (AvgIpc) is 2.68. The third kappa shape index (κ3) is 3.09. The van der Waals surface area contributed by atoms with Gasteiger partial charge in [-0.1, -0.05) is 0 Å². The van der Waals surface area contributed by atoms with E-state index in [4.69, 9.17) is 4.42 Å². The molecule has 1 unspecified atom stereocenters. The zero-order valence-electron chi connectivity index (χ0n) is 11.4. The molecule has 0 aromatic carbocycles. The molecule has 21 heavy (non-hydrogen) atoms. The Bertz CT molecular complexity index is 610. The molecule has 1 fully saturated rings. The maximum Gasteiger partial charge on any atom is 0.417 e. The van der Waals surface area contributed by atoms with Crippen LogP contribution in [0.5, 0.6) is 0 Å². The van der Waals surface area contributed by atoms with Gasteiger partial charge in [0.15, 0.2) is 5.60 Å². The van der Waals surface area contributed by atoms with E-state index >= 15 is 0 Å². The lowest BCUT2D eigenvalue weighted by atomic mass is 9.94. The van der Waals surface area contributed by atoms with Gasteiger partial charge < -0.3 is 9.52 Å². The lowest BCUT2D eigenvalue weighted by Gasteiger charge is -2.29. The number of hydrogen-bond acceptors (Lipinski definition) is 4. The van der Waals surface area contributed by atoms with Gasteiger partial charge in [0.25, 0.3) is 10.0 Å². The zero-order valence-corrected chi connectivity index (χ0v) is 12.2. The Morgan fingerprint density at radius 2 is 1.95 bits per heavy atom. The Hall–Kier alpha value is -1.06.